The molecule has 1 N–H and O–H groups in total. The highest BCUT2D eigenvalue weighted by Crippen LogP contribution is 2.20. The number of aryl methyl sites for hydroxylation is 3. The summed E-state index contributed by atoms with van der Waals surface area (Å²) in [5.74, 6) is -0.316. The van der Waals surface area contributed by atoms with Gasteiger partial charge in [-0.1, -0.05) is 11.6 Å². The lowest BCUT2D eigenvalue weighted by molar-refractivity contribution is -0.144. The number of amides is 2. The highest BCUT2D eigenvalue weighted by atomic mass is 35.5. The first-order chi connectivity index (χ1) is 15.4. The van der Waals surface area contributed by atoms with Crippen LogP contribution in [-0.4, -0.2) is 61.8 Å². The Hall–Kier alpha value is -2.91. The molecule has 1 atom stereocenters. The third-order valence-electron chi connectivity index (χ3n) is 5.77. The van der Waals surface area contributed by atoms with E-state index in [0.717, 1.165) is 29.0 Å². The zero-order chi connectivity index (χ0) is 22.8. The van der Waals surface area contributed by atoms with Gasteiger partial charge in [0.05, 0.1) is 53.5 Å². The van der Waals surface area contributed by atoms with Crippen molar-refractivity contribution in [3.8, 4) is 0 Å². The minimum absolute atomic E-state index is 0.0405. The van der Waals surface area contributed by atoms with E-state index in [9.17, 15) is 9.59 Å². The van der Waals surface area contributed by atoms with E-state index in [2.05, 4.69) is 22.3 Å². The molecule has 1 aliphatic heterocycles. The van der Waals surface area contributed by atoms with Gasteiger partial charge in [0.2, 0.25) is 5.91 Å². The van der Waals surface area contributed by atoms with E-state index in [-0.39, 0.29) is 24.8 Å². The Bertz CT molecular complexity index is 1150. The maximum absolute atomic E-state index is 12.8. The second-order valence-corrected chi connectivity index (χ2v) is 8.26. The summed E-state index contributed by atoms with van der Waals surface area (Å²) >= 11 is 6.18. The zero-order valence-corrected chi connectivity index (χ0v) is 19.2. The van der Waals surface area contributed by atoms with E-state index in [1.807, 2.05) is 36.6 Å². The number of anilines is 1. The number of nitrogens with one attached hydrogen (secondary N) is 1. The fourth-order valence-corrected chi connectivity index (χ4v) is 4.04. The second-order valence-electron chi connectivity index (χ2n) is 7.88. The van der Waals surface area contributed by atoms with Gasteiger partial charge in [0.1, 0.15) is 0 Å². The summed E-state index contributed by atoms with van der Waals surface area (Å²) in [7, 11) is 0. The van der Waals surface area contributed by atoms with Crippen LogP contribution < -0.4 is 5.32 Å². The van der Waals surface area contributed by atoms with Crippen molar-refractivity contribution in [3.05, 3.63) is 40.9 Å². The number of carbonyl (C=O) groups is 2. The molecule has 0 spiro atoms. The van der Waals surface area contributed by atoms with E-state index in [1.165, 1.54) is 0 Å². The molecule has 1 unspecified atom stereocenters. The third kappa shape index (κ3) is 4.49. The maximum Gasteiger partial charge on any atom is 0.255 e. The first-order valence-electron chi connectivity index (χ1n) is 10.7. The van der Waals surface area contributed by atoms with Crippen LogP contribution in [0.3, 0.4) is 0 Å². The number of aromatic nitrogens is 4. The number of imidazole rings is 1. The Kier molecular flexibility index (Phi) is 6.48. The van der Waals surface area contributed by atoms with Crippen molar-refractivity contribution in [2.75, 3.05) is 25.0 Å². The Labute approximate surface area is 191 Å². The molecule has 0 aliphatic carbocycles. The maximum atomic E-state index is 12.8. The first kappa shape index (κ1) is 22.3. The molecule has 1 aliphatic rings. The molecule has 1 saturated heterocycles. The summed E-state index contributed by atoms with van der Waals surface area (Å²) in [6, 6.07) is 5.62. The summed E-state index contributed by atoms with van der Waals surface area (Å²) in [4.78, 5) is 31.6. The highest BCUT2D eigenvalue weighted by molar-refractivity contribution is 6.31. The monoisotopic (exact) mass is 458 g/mol. The van der Waals surface area contributed by atoms with Crippen LogP contribution in [0.2, 0.25) is 5.02 Å². The number of hydrogen-bond acceptors (Lipinski definition) is 5. The molecule has 9 nitrogen and oxygen atoms in total. The van der Waals surface area contributed by atoms with Crippen molar-refractivity contribution in [2.24, 2.45) is 0 Å². The molecule has 32 heavy (non-hydrogen) atoms. The minimum atomic E-state index is -0.722. The molecular weight excluding hydrogens is 432 g/mol. The predicted octanol–water partition coefficient (Wildman–Crippen LogP) is 2.78. The number of rotatable bonds is 6. The van der Waals surface area contributed by atoms with E-state index < -0.39 is 6.10 Å². The van der Waals surface area contributed by atoms with Crippen molar-refractivity contribution in [2.45, 2.75) is 46.4 Å². The van der Waals surface area contributed by atoms with Crippen LogP contribution in [-0.2, 0) is 27.4 Å². The van der Waals surface area contributed by atoms with Crippen molar-refractivity contribution in [3.63, 3.8) is 0 Å². The lowest BCUT2D eigenvalue weighted by atomic mass is 10.2. The molecule has 4 rings (SSSR count). The number of morpholine rings is 1. The van der Waals surface area contributed by atoms with Gasteiger partial charge >= 0.3 is 0 Å². The Morgan fingerprint density at radius 2 is 2.12 bits per heavy atom. The van der Waals surface area contributed by atoms with Crippen LogP contribution in [0.15, 0.2) is 24.5 Å². The average molecular weight is 459 g/mol. The van der Waals surface area contributed by atoms with Crippen molar-refractivity contribution in [1.29, 1.82) is 0 Å². The SMILES string of the molecule is CCn1cnc2cc(NC(=O)C3CN(C(=O)CCn4nc(C)c(Cl)c4C)CCO3)ccc21. The van der Waals surface area contributed by atoms with E-state index in [1.54, 1.807) is 15.9 Å². The molecule has 1 fully saturated rings. The molecule has 170 valence electrons. The molecule has 3 aromatic rings. The summed E-state index contributed by atoms with van der Waals surface area (Å²) in [6.07, 6.45) is 1.34. The molecule has 0 radical (unpaired) electrons. The summed E-state index contributed by atoms with van der Waals surface area (Å²) in [6.45, 7) is 8.03. The number of halogens is 1. The lowest BCUT2D eigenvalue weighted by Crippen LogP contribution is -2.50. The quantitative estimate of drug-likeness (QED) is 0.613. The van der Waals surface area contributed by atoms with Crippen LogP contribution in [0, 0.1) is 13.8 Å². The van der Waals surface area contributed by atoms with Crippen molar-refractivity contribution >= 4 is 40.1 Å². The largest absolute Gasteiger partial charge is 0.365 e. The van der Waals surface area contributed by atoms with Gasteiger partial charge in [-0.25, -0.2) is 4.98 Å². The average Bonchev–Trinajstić information content (AvgIpc) is 3.32. The second kappa shape index (κ2) is 9.30. The number of nitrogens with zero attached hydrogens (tertiary/aromatic N) is 5. The van der Waals surface area contributed by atoms with Crippen molar-refractivity contribution in [1.82, 2.24) is 24.2 Å². The van der Waals surface area contributed by atoms with Crippen LogP contribution in [0.5, 0.6) is 0 Å². The smallest absolute Gasteiger partial charge is 0.255 e. The standard InChI is InChI=1S/C22H27ClN6O3/c1-4-27-13-24-17-11-16(5-6-18(17)27)25-22(31)19-12-28(9-10-32-19)20(30)7-8-29-15(3)21(23)14(2)26-29/h5-6,11,13,19H,4,7-10,12H2,1-3H3,(H,25,31). The Balaban J connectivity index is 1.35. The number of ether oxygens (including phenoxy) is 1. The van der Waals surface area contributed by atoms with Gasteiger partial charge in [0, 0.05) is 25.2 Å². The predicted molar refractivity (Wildman–Crippen MR) is 122 cm³/mol. The molecular formula is C22H27ClN6O3. The summed E-state index contributed by atoms with van der Waals surface area (Å²) in [5, 5.41) is 7.87. The van der Waals surface area contributed by atoms with E-state index in [4.69, 9.17) is 16.3 Å². The fourth-order valence-electron chi connectivity index (χ4n) is 3.90. The van der Waals surface area contributed by atoms with Crippen molar-refractivity contribution < 1.29 is 14.3 Å². The molecule has 2 amide bonds. The first-order valence-corrected chi connectivity index (χ1v) is 11.1. The van der Waals surface area contributed by atoms with E-state index in [0.29, 0.717) is 30.4 Å². The number of carbonyl (C=O) groups excluding carboxylic acids is 2. The molecule has 3 heterocycles. The molecule has 10 heteroatoms. The lowest BCUT2D eigenvalue weighted by Gasteiger charge is -2.32. The summed E-state index contributed by atoms with van der Waals surface area (Å²) < 4.78 is 9.42. The summed E-state index contributed by atoms with van der Waals surface area (Å²) in [5.41, 5.74) is 4.07. The van der Waals surface area contributed by atoms with Gasteiger partial charge in [0.15, 0.2) is 6.10 Å². The zero-order valence-electron chi connectivity index (χ0n) is 18.5. The fraction of sp³-hybridized carbons (Fsp3) is 0.455. The number of fused-ring (bicyclic) bond motifs is 1. The highest BCUT2D eigenvalue weighted by Gasteiger charge is 2.29. The minimum Gasteiger partial charge on any atom is -0.365 e. The Morgan fingerprint density at radius 3 is 2.84 bits per heavy atom. The van der Waals surface area contributed by atoms with Gasteiger partial charge in [0.25, 0.3) is 5.91 Å². The van der Waals surface area contributed by atoms with E-state index >= 15 is 0 Å². The van der Waals surface area contributed by atoms with Crippen LogP contribution in [0.25, 0.3) is 11.0 Å². The normalized spacial score (nSPS) is 16.5. The molecule has 1 aromatic carbocycles. The number of hydrogen-bond donors (Lipinski definition) is 1. The van der Waals surface area contributed by atoms with Gasteiger partial charge < -0.3 is 19.5 Å². The topological polar surface area (TPSA) is 94.3 Å². The third-order valence-corrected chi connectivity index (χ3v) is 6.32. The van der Waals surface area contributed by atoms with Gasteiger partial charge in [-0.3, -0.25) is 14.3 Å². The number of benzene rings is 1. The molecule has 0 bridgehead atoms. The van der Waals surface area contributed by atoms with Crippen LogP contribution in [0.4, 0.5) is 5.69 Å². The van der Waals surface area contributed by atoms with Gasteiger partial charge in [-0.05, 0) is 39.0 Å². The van der Waals surface area contributed by atoms with Gasteiger partial charge in [-0.15, -0.1) is 0 Å². The van der Waals surface area contributed by atoms with Crippen LogP contribution >= 0.6 is 11.6 Å². The van der Waals surface area contributed by atoms with Crippen LogP contribution in [0.1, 0.15) is 24.7 Å². The Morgan fingerprint density at radius 1 is 1.31 bits per heavy atom. The molecule has 0 saturated carbocycles. The van der Waals surface area contributed by atoms with Gasteiger partial charge in [-0.2, -0.15) is 5.10 Å². The molecule has 2 aromatic heterocycles.